The zero-order valence-electron chi connectivity index (χ0n) is 34.1. The monoisotopic (exact) mass is 743 g/mol. The van der Waals surface area contributed by atoms with Gasteiger partial charge in [0.1, 0.15) is 0 Å². The zero-order valence-corrected chi connectivity index (χ0v) is 34.1. The number of hydrogen-bond acceptors (Lipinski definition) is 9. The highest BCUT2D eigenvalue weighted by atomic mass is 16.7. The minimum atomic E-state index is -0.450. The maximum absolute atomic E-state index is 12.5. The van der Waals surface area contributed by atoms with Crippen molar-refractivity contribution in [1.82, 2.24) is 0 Å². The van der Waals surface area contributed by atoms with Crippen LogP contribution in [0, 0.1) is 5.92 Å². The Balaban J connectivity index is 4.03. The van der Waals surface area contributed by atoms with Gasteiger partial charge in [-0.2, -0.15) is 0 Å². The number of aliphatic hydroxyl groups excluding tert-OH is 1. The average Bonchev–Trinajstić information content (AvgIpc) is 3.14. The Morgan fingerprint density at radius 3 is 1.19 bits per heavy atom. The summed E-state index contributed by atoms with van der Waals surface area (Å²) in [6.07, 6.45) is 29.2. The first-order valence-corrected chi connectivity index (χ1v) is 21.8. The Bertz CT molecular complexity index is 773. The van der Waals surface area contributed by atoms with Gasteiger partial charge in [-0.15, -0.1) is 0 Å². The highest BCUT2D eigenvalue weighted by Crippen LogP contribution is 2.14. The molecule has 1 atom stereocenters. The minimum Gasteiger partial charge on any atom is -0.466 e. The SMILES string of the molecule is CCCCCCCCOC(CCC(=O)OC[C@H](CO)COC(=O)CCCCCCCCCCC(=O)OCCCCCCC)OCCCCCCCC. The number of hydrogen-bond donors (Lipinski definition) is 1. The van der Waals surface area contributed by atoms with Crippen LogP contribution in [0.1, 0.15) is 207 Å². The van der Waals surface area contributed by atoms with Crippen molar-refractivity contribution >= 4 is 17.9 Å². The smallest absolute Gasteiger partial charge is 0.305 e. The molecule has 0 aliphatic carbocycles. The second kappa shape index (κ2) is 40.5. The molecule has 0 aliphatic heterocycles. The fourth-order valence-corrected chi connectivity index (χ4v) is 5.93. The molecular formula is C43H82O9. The van der Waals surface area contributed by atoms with Crippen LogP contribution >= 0.6 is 0 Å². The number of ether oxygens (including phenoxy) is 5. The summed E-state index contributed by atoms with van der Waals surface area (Å²) in [5, 5.41) is 9.75. The lowest BCUT2D eigenvalue weighted by molar-refractivity contribution is -0.161. The van der Waals surface area contributed by atoms with Crippen LogP contribution in [0.2, 0.25) is 0 Å². The van der Waals surface area contributed by atoms with Gasteiger partial charge in [0.05, 0.1) is 38.8 Å². The van der Waals surface area contributed by atoms with Crippen LogP contribution in [0.25, 0.3) is 0 Å². The molecule has 308 valence electrons. The molecule has 0 amide bonds. The molecule has 0 bridgehead atoms. The summed E-state index contributed by atoms with van der Waals surface area (Å²) in [6.45, 7) is 8.24. The molecule has 0 rings (SSSR count). The van der Waals surface area contributed by atoms with E-state index in [4.69, 9.17) is 23.7 Å². The second-order valence-electron chi connectivity index (χ2n) is 14.6. The standard InChI is InChI=1S/C43H82O9/c1-4-7-10-13-22-27-34-49-43(50-35-28-23-14-11-8-5-2)32-31-42(47)52-38-39(36-44)37-51-41(46)30-25-20-18-16-15-17-19-24-29-40(45)48-33-26-21-12-9-6-3/h39,43-44H,4-38H2,1-3H3/t39-/m1/s1. The van der Waals surface area contributed by atoms with E-state index in [1.807, 2.05) is 0 Å². The molecular weight excluding hydrogens is 660 g/mol. The largest absolute Gasteiger partial charge is 0.466 e. The number of esters is 3. The molecule has 0 saturated heterocycles. The fourth-order valence-electron chi connectivity index (χ4n) is 5.93. The van der Waals surface area contributed by atoms with Crippen molar-refractivity contribution in [2.24, 2.45) is 5.92 Å². The summed E-state index contributed by atoms with van der Waals surface area (Å²) in [5.41, 5.74) is 0. The Morgan fingerprint density at radius 1 is 0.423 bits per heavy atom. The third-order valence-corrected chi connectivity index (χ3v) is 9.43. The molecule has 0 fully saturated rings. The molecule has 0 saturated carbocycles. The Hall–Kier alpha value is -1.71. The van der Waals surface area contributed by atoms with Crippen molar-refractivity contribution in [3.05, 3.63) is 0 Å². The van der Waals surface area contributed by atoms with E-state index < -0.39 is 12.2 Å². The van der Waals surface area contributed by atoms with Gasteiger partial charge in [0.25, 0.3) is 0 Å². The van der Waals surface area contributed by atoms with Crippen LogP contribution in [-0.4, -0.2) is 68.9 Å². The third kappa shape index (κ3) is 36.6. The summed E-state index contributed by atoms with van der Waals surface area (Å²) in [5.74, 6) is -1.17. The molecule has 9 nitrogen and oxygen atoms in total. The van der Waals surface area contributed by atoms with E-state index in [0.717, 1.165) is 89.9 Å². The lowest BCUT2D eigenvalue weighted by atomic mass is 10.1. The maximum atomic E-state index is 12.5. The van der Waals surface area contributed by atoms with Crippen molar-refractivity contribution < 1.29 is 43.2 Å². The van der Waals surface area contributed by atoms with Crippen LogP contribution in [0.3, 0.4) is 0 Å². The van der Waals surface area contributed by atoms with Crippen molar-refractivity contribution in [3.63, 3.8) is 0 Å². The van der Waals surface area contributed by atoms with E-state index >= 15 is 0 Å². The van der Waals surface area contributed by atoms with Gasteiger partial charge in [-0.25, -0.2) is 0 Å². The van der Waals surface area contributed by atoms with Gasteiger partial charge in [0.2, 0.25) is 0 Å². The first-order valence-electron chi connectivity index (χ1n) is 21.8. The van der Waals surface area contributed by atoms with Crippen molar-refractivity contribution in [1.29, 1.82) is 0 Å². The molecule has 0 unspecified atom stereocenters. The molecule has 1 N–H and O–H groups in total. The van der Waals surface area contributed by atoms with E-state index in [1.54, 1.807) is 0 Å². The zero-order chi connectivity index (χ0) is 38.2. The first-order chi connectivity index (χ1) is 25.5. The van der Waals surface area contributed by atoms with Gasteiger partial charge in [-0.05, 0) is 32.1 Å². The fraction of sp³-hybridized carbons (Fsp3) is 0.930. The number of aliphatic hydroxyl groups is 1. The van der Waals surface area contributed by atoms with Gasteiger partial charge < -0.3 is 28.8 Å². The van der Waals surface area contributed by atoms with Gasteiger partial charge in [0.15, 0.2) is 6.29 Å². The van der Waals surface area contributed by atoms with E-state index in [0.29, 0.717) is 39.1 Å². The molecule has 0 heterocycles. The van der Waals surface area contributed by atoms with Crippen LogP contribution in [0.5, 0.6) is 0 Å². The van der Waals surface area contributed by atoms with Crippen molar-refractivity contribution in [2.75, 3.05) is 39.6 Å². The summed E-state index contributed by atoms with van der Waals surface area (Å²) in [7, 11) is 0. The number of rotatable bonds is 41. The van der Waals surface area contributed by atoms with Gasteiger partial charge in [-0.3, -0.25) is 14.4 Å². The lowest BCUT2D eigenvalue weighted by Gasteiger charge is -2.19. The van der Waals surface area contributed by atoms with E-state index in [2.05, 4.69) is 20.8 Å². The molecule has 0 aliphatic rings. The Morgan fingerprint density at radius 2 is 0.769 bits per heavy atom. The van der Waals surface area contributed by atoms with Crippen molar-refractivity contribution in [3.8, 4) is 0 Å². The Kier molecular flexibility index (Phi) is 39.1. The van der Waals surface area contributed by atoms with Gasteiger partial charge in [-0.1, -0.05) is 149 Å². The topological polar surface area (TPSA) is 118 Å². The lowest BCUT2D eigenvalue weighted by Crippen LogP contribution is -2.25. The predicted octanol–water partition coefficient (Wildman–Crippen LogP) is 11.0. The quantitative estimate of drug-likeness (QED) is 0.0283. The van der Waals surface area contributed by atoms with Crippen molar-refractivity contribution in [2.45, 2.75) is 213 Å². The van der Waals surface area contributed by atoms with Gasteiger partial charge >= 0.3 is 17.9 Å². The van der Waals surface area contributed by atoms with Crippen LogP contribution in [0.4, 0.5) is 0 Å². The molecule has 52 heavy (non-hydrogen) atoms. The first kappa shape index (κ1) is 50.3. The molecule has 0 aromatic carbocycles. The van der Waals surface area contributed by atoms with E-state index in [1.165, 1.54) is 70.6 Å². The average molecular weight is 743 g/mol. The minimum absolute atomic E-state index is 0.00479. The third-order valence-electron chi connectivity index (χ3n) is 9.43. The highest BCUT2D eigenvalue weighted by molar-refractivity contribution is 5.70. The predicted molar refractivity (Wildman–Crippen MR) is 210 cm³/mol. The molecule has 9 heteroatoms. The highest BCUT2D eigenvalue weighted by Gasteiger charge is 2.17. The Labute approximate surface area is 319 Å². The molecule has 0 aromatic rings. The second-order valence-corrected chi connectivity index (χ2v) is 14.6. The maximum Gasteiger partial charge on any atom is 0.305 e. The molecule has 0 spiro atoms. The summed E-state index contributed by atoms with van der Waals surface area (Å²) < 4.78 is 28.1. The van der Waals surface area contributed by atoms with Gasteiger partial charge in [0, 0.05) is 32.5 Å². The van der Waals surface area contributed by atoms with Crippen LogP contribution in [-0.2, 0) is 38.1 Å². The van der Waals surface area contributed by atoms with Crippen LogP contribution in [0.15, 0.2) is 0 Å². The summed E-state index contributed by atoms with van der Waals surface area (Å²) >= 11 is 0. The normalized spacial score (nSPS) is 11.9. The number of carbonyl (C=O) groups is 3. The van der Waals surface area contributed by atoms with E-state index in [9.17, 15) is 19.5 Å². The summed E-state index contributed by atoms with van der Waals surface area (Å²) in [4.78, 5) is 36.6. The molecule has 0 aromatic heterocycles. The number of unbranched alkanes of at least 4 members (excludes halogenated alkanes) is 21. The number of carbonyl (C=O) groups excluding carboxylic acids is 3. The molecule has 0 radical (unpaired) electrons. The van der Waals surface area contributed by atoms with E-state index in [-0.39, 0.29) is 44.1 Å². The van der Waals surface area contributed by atoms with Crippen LogP contribution < -0.4 is 0 Å². The summed E-state index contributed by atoms with van der Waals surface area (Å²) in [6, 6.07) is 0.